The van der Waals surface area contributed by atoms with E-state index in [1.807, 2.05) is 32.0 Å². The minimum absolute atomic E-state index is 0.112. The van der Waals surface area contributed by atoms with Crippen LogP contribution in [-0.2, 0) is 0 Å². The highest BCUT2D eigenvalue weighted by molar-refractivity contribution is 5.98. The van der Waals surface area contributed by atoms with Crippen molar-refractivity contribution in [3.8, 4) is 11.3 Å². The number of amidine groups is 1. The van der Waals surface area contributed by atoms with Gasteiger partial charge in [-0.3, -0.25) is 5.41 Å². The van der Waals surface area contributed by atoms with E-state index >= 15 is 0 Å². The molecular formula is C14H16N4. The van der Waals surface area contributed by atoms with Crippen molar-refractivity contribution in [1.29, 1.82) is 5.41 Å². The lowest BCUT2D eigenvalue weighted by molar-refractivity contribution is 1.25. The highest BCUT2D eigenvalue weighted by atomic mass is 14.8. The van der Waals surface area contributed by atoms with Crippen molar-refractivity contribution in [2.45, 2.75) is 13.8 Å². The Labute approximate surface area is 106 Å². The van der Waals surface area contributed by atoms with Crippen LogP contribution in [0.5, 0.6) is 0 Å². The summed E-state index contributed by atoms with van der Waals surface area (Å²) in [6, 6.07) is 9.74. The van der Waals surface area contributed by atoms with Gasteiger partial charge < -0.3 is 11.5 Å². The van der Waals surface area contributed by atoms with Gasteiger partial charge in [0.1, 0.15) is 11.5 Å². The van der Waals surface area contributed by atoms with Gasteiger partial charge >= 0.3 is 0 Å². The quantitative estimate of drug-likeness (QED) is 0.555. The molecular weight excluding hydrogens is 224 g/mol. The Balaban J connectivity index is 2.58. The number of nitrogens with zero attached hydrogens (tertiary/aromatic N) is 1. The normalized spacial score (nSPS) is 10.3. The second-order valence-corrected chi connectivity index (χ2v) is 4.37. The maximum Gasteiger partial charge on any atom is 0.143 e. The zero-order chi connectivity index (χ0) is 13.3. The number of aryl methyl sites for hydroxylation is 2. The molecule has 1 heterocycles. The molecule has 0 aliphatic rings. The molecule has 0 saturated carbocycles. The lowest BCUT2D eigenvalue weighted by atomic mass is 10.0. The molecule has 5 N–H and O–H groups in total. The topological polar surface area (TPSA) is 88.8 Å². The summed E-state index contributed by atoms with van der Waals surface area (Å²) in [7, 11) is 0. The molecule has 2 rings (SSSR count). The van der Waals surface area contributed by atoms with Crippen molar-refractivity contribution in [3.63, 3.8) is 0 Å². The maximum atomic E-state index is 7.46. The Hall–Kier alpha value is -2.36. The number of anilines is 1. The second-order valence-electron chi connectivity index (χ2n) is 4.37. The van der Waals surface area contributed by atoms with E-state index in [0.29, 0.717) is 11.4 Å². The lowest BCUT2D eigenvalue weighted by Gasteiger charge is -2.09. The second kappa shape index (κ2) is 4.49. The van der Waals surface area contributed by atoms with Crippen LogP contribution in [0, 0.1) is 19.3 Å². The van der Waals surface area contributed by atoms with Crippen LogP contribution in [0.2, 0.25) is 0 Å². The third kappa shape index (κ3) is 2.18. The number of nitrogen functional groups attached to an aromatic ring is 2. The molecule has 4 heteroatoms. The van der Waals surface area contributed by atoms with E-state index in [9.17, 15) is 0 Å². The summed E-state index contributed by atoms with van der Waals surface area (Å²) >= 11 is 0. The Kier molecular flexibility index (Phi) is 3.02. The van der Waals surface area contributed by atoms with Crippen LogP contribution < -0.4 is 11.5 Å². The van der Waals surface area contributed by atoms with Crippen LogP contribution in [0.25, 0.3) is 11.3 Å². The molecule has 0 atom stereocenters. The van der Waals surface area contributed by atoms with Gasteiger partial charge in [0.05, 0.1) is 11.4 Å². The summed E-state index contributed by atoms with van der Waals surface area (Å²) in [5.41, 5.74) is 16.1. The van der Waals surface area contributed by atoms with Crippen LogP contribution in [-0.4, -0.2) is 10.8 Å². The van der Waals surface area contributed by atoms with Gasteiger partial charge in [0.2, 0.25) is 0 Å². The Morgan fingerprint density at radius 1 is 1.17 bits per heavy atom. The summed E-state index contributed by atoms with van der Waals surface area (Å²) in [4.78, 5) is 4.36. The van der Waals surface area contributed by atoms with Crippen molar-refractivity contribution in [3.05, 3.63) is 47.2 Å². The SMILES string of the molecule is Cc1ccc(-c2ccc(N)c(C(=N)N)n2)c(C)c1. The van der Waals surface area contributed by atoms with E-state index < -0.39 is 0 Å². The predicted octanol–water partition coefficient (Wildman–Crippen LogP) is 2.23. The fraction of sp³-hybridized carbons (Fsp3) is 0.143. The van der Waals surface area contributed by atoms with Gasteiger partial charge in [0, 0.05) is 5.56 Å². The van der Waals surface area contributed by atoms with Crippen LogP contribution in [0.1, 0.15) is 16.8 Å². The fourth-order valence-electron chi connectivity index (χ4n) is 1.94. The van der Waals surface area contributed by atoms with Gasteiger partial charge in [0.25, 0.3) is 0 Å². The first-order valence-electron chi connectivity index (χ1n) is 5.67. The van der Waals surface area contributed by atoms with Gasteiger partial charge in [-0.25, -0.2) is 4.98 Å². The molecule has 0 amide bonds. The molecule has 18 heavy (non-hydrogen) atoms. The Morgan fingerprint density at radius 3 is 2.50 bits per heavy atom. The number of benzene rings is 1. The summed E-state index contributed by atoms with van der Waals surface area (Å²) in [5, 5.41) is 7.46. The third-order valence-corrected chi connectivity index (χ3v) is 2.84. The number of pyridine rings is 1. The predicted molar refractivity (Wildman–Crippen MR) is 74.6 cm³/mol. The van der Waals surface area contributed by atoms with Gasteiger partial charge in [-0.15, -0.1) is 0 Å². The Bertz CT molecular complexity index is 617. The molecule has 0 aliphatic heterocycles. The van der Waals surface area contributed by atoms with Crippen molar-refractivity contribution in [2.24, 2.45) is 5.73 Å². The monoisotopic (exact) mass is 240 g/mol. The smallest absolute Gasteiger partial charge is 0.143 e. The summed E-state index contributed by atoms with van der Waals surface area (Å²) < 4.78 is 0. The third-order valence-electron chi connectivity index (χ3n) is 2.84. The first-order chi connectivity index (χ1) is 8.49. The largest absolute Gasteiger partial charge is 0.397 e. The molecule has 1 aromatic carbocycles. The van der Waals surface area contributed by atoms with Crippen molar-refractivity contribution in [1.82, 2.24) is 4.98 Å². The first-order valence-corrected chi connectivity index (χ1v) is 5.67. The number of hydrogen-bond acceptors (Lipinski definition) is 3. The van der Waals surface area contributed by atoms with Crippen LogP contribution in [0.4, 0.5) is 5.69 Å². The molecule has 1 aromatic heterocycles. The zero-order valence-electron chi connectivity index (χ0n) is 10.5. The zero-order valence-corrected chi connectivity index (χ0v) is 10.5. The molecule has 0 spiro atoms. The van der Waals surface area contributed by atoms with Gasteiger partial charge in [-0.2, -0.15) is 0 Å². The van der Waals surface area contributed by atoms with Crippen LogP contribution in [0.3, 0.4) is 0 Å². The fourth-order valence-corrected chi connectivity index (χ4v) is 1.94. The van der Waals surface area contributed by atoms with Crippen LogP contribution >= 0.6 is 0 Å². The molecule has 0 bridgehead atoms. The molecule has 4 nitrogen and oxygen atoms in total. The van der Waals surface area contributed by atoms with Gasteiger partial charge in [0.15, 0.2) is 0 Å². The average molecular weight is 240 g/mol. The number of aromatic nitrogens is 1. The first kappa shape index (κ1) is 12.1. The average Bonchev–Trinajstić information content (AvgIpc) is 2.30. The number of rotatable bonds is 2. The van der Waals surface area contributed by atoms with Crippen molar-refractivity contribution >= 4 is 11.5 Å². The minimum atomic E-state index is -0.112. The lowest BCUT2D eigenvalue weighted by Crippen LogP contribution is -2.16. The van der Waals surface area contributed by atoms with E-state index in [0.717, 1.165) is 16.8 Å². The van der Waals surface area contributed by atoms with E-state index in [2.05, 4.69) is 11.1 Å². The van der Waals surface area contributed by atoms with Crippen molar-refractivity contribution in [2.75, 3.05) is 5.73 Å². The molecule has 0 fully saturated rings. The molecule has 0 aliphatic carbocycles. The molecule has 0 unspecified atom stereocenters. The highest BCUT2D eigenvalue weighted by Crippen LogP contribution is 2.24. The molecule has 92 valence electrons. The van der Waals surface area contributed by atoms with E-state index in [1.54, 1.807) is 6.07 Å². The summed E-state index contributed by atoms with van der Waals surface area (Å²) in [6.45, 7) is 4.09. The van der Waals surface area contributed by atoms with Gasteiger partial charge in [-0.1, -0.05) is 23.8 Å². The summed E-state index contributed by atoms with van der Waals surface area (Å²) in [6.07, 6.45) is 0. The van der Waals surface area contributed by atoms with E-state index in [-0.39, 0.29) is 5.84 Å². The molecule has 0 saturated heterocycles. The highest BCUT2D eigenvalue weighted by Gasteiger charge is 2.09. The number of hydrogen-bond donors (Lipinski definition) is 3. The minimum Gasteiger partial charge on any atom is -0.397 e. The van der Waals surface area contributed by atoms with Crippen LogP contribution in [0.15, 0.2) is 30.3 Å². The maximum absolute atomic E-state index is 7.46. The molecule has 2 aromatic rings. The van der Waals surface area contributed by atoms with E-state index in [1.165, 1.54) is 5.56 Å². The standard InChI is InChI=1S/C14H16N4/c1-8-3-4-10(9(2)7-8)12-6-5-11(15)13(18-12)14(16)17/h3-7H,15H2,1-2H3,(H3,16,17). The Morgan fingerprint density at radius 2 is 1.89 bits per heavy atom. The number of nitrogens with one attached hydrogen (secondary N) is 1. The number of nitrogens with two attached hydrogens (primary N) is 2. The molecule has 0 radical (unpaired) electrons. The summed E-state index contributed by atoms with van der Waals surface area (Å²) in [5.74, 6) is -0.112. The van der Waals surface area contributed by atoms with E-state index in [4.69, 9.17) is 16.9 Å². The van der Waals surface area contributed by atoms with Gasteiger partial charge in [-0.05, 0) is 31.5 Å². The van der Waals surface area contributed by atoms with Crippen molar-refractivity contribution < 1.29 is 0 Å².